The van der Waals surface area contributed by atoms with Gasteiger partial charge < -0.3 is 15.4 Å². The molecule has 144 valence electrons. The molecule has 0 aromatic carbocycles. The van der Waals surface area contributed by atoms with Gasteiger partial charge in [0, 0.05) is 26.3 Å². The number of aromatic nitrogens is 2. The predicted molar refractivity (Wildman–Crippen MR) is 114 cm³/mol. The van der Waals surface area contributed by atoms with Crippen LogP contribution in [0.3, 0.4) is 0 Å². The molecule has 25 heavy (non-hydrogen) atoms. The third-order valence-corrected chi connectivity index (χ3v) is 4.33. The molecule has 1 aliphatic carbocycles. The van der Waals surface area contributed by atoms with Gasteiger partial charge in [0.2, 0.25) is 0 Å². The predicted octanol–water partition coefficient (Wildman–Crippen LogP) is 2.88. The molecule has 6 nitrogen and oxygen atoms in total. The van der Waals surface area contributed by atoms with Crippen LogP contribution in [-0.2, 0) is 18.2 Å². The van der Waals surface area contributed by atoms with Crippen molar-refractivity contribution in [1.82, 2.24) is 20.4 Å². The van der Waals surface area contributed by atoms with Crippen LogP contribution in [0, 0.1) is 0 Å². The number of ether oxygens (including phenoxy) is 1. The van der Waals surface area contributed by atoms with Crippen LogP contribution < -0.4 is 10.6 Å². The summed E-state index contributed by atoms with van der Waals surface area (Å²) < 4.78 is 7.83. The Balaban J connectivity index is 0.00000312. The quantitative estimate of drug-likeness (QED) is 0.205. The molecule has 2 N–H and O–H groups in total. The lowest BCUT2D eigenvalue weighted by atomic mass is 10.1. The van der Waals surface area contributed by atoms with Gasteiger partial charge in [-0.05, 0) is 31.7 Å². The molecule has 1 fully saturated rings. The van der Waals surface area contributed by atoms with Gasteiger partial charge in [0.1, 0.15) is 0 Å². The Morgan fingerprint density at radius 3 is 2.68 bits per heavy atom. The standard InChI is InChI=1S/C18H33N5O.HI/c1-3-19-18(20-11-10-16-14-22-23(2)15-16)21-12-13-24-17-8-6-4-5-7-9-17;/h14-15,17H,3-13H2,1-2H3,(H2,19,20,21);1H. The molecule has 0 bridgehead atoms. The number of aryl methyl sites for hydroxylation is 1. The zero-order valence-electron chi connectivity index (χ0n) is 15.7. The summed E-state index contributed by atoms with van der Waals surface area (Å²) in [4.78, 5) is 4.61. The van der Waals surface area contributed by atoms with Crippen molar-refractivity contribution in [3.8, 4) is 0 Å². The van der Waals surface area contributed by atoms with E-state index in [0.29, 0.717) is 19.3 Å². The van der Waals surface area contributed by atoms with E-state index in [1.54, 1.807) is 0 Å². The van der Waals surface area contributed by atoms with E-state index in [4.69, 9.17) is 4.74 Å². The molecule has 0 radical (unpaired) electrons. The van der Waals surface area contributed by atoms with E-state index < -0.39 is 0 Å². The number of aliphatic imine (C=N–C) groups is 1. The smallest absolute Gasteiger partial charge is 0.191 e. The van der Waals surface area contributed by atoms with Crippen LogP contribution in [0.15, 0.2) is 17.4 Å². The van der Waals surface area contributed by atoms with E-state index in [1.807, 2.05) is 24.1 Å². The van der Waals surface area contributed by atoms with Crippen LogP contribution in [0.25, 0.3) is 0 Å². The third kappa shape index (κ3) is 9.44. The first-order valence-electron chi connectivity index (χ1n) is 9.39. The number of hydrogen-bond acceptors (Lipinski definition) is 3. The van der Waals surface area contributed by atoms with Crippen molar-refractivity contribution < 1.29 is 4.74 Å². The lowest BCUT2D eigenvalue weighted by Gasteiger charge is -2.15. The van der Waals surface area contributed by atoms with Gasteiger partial charge in [0.25, 0.3) is 0 Å². The number of guanidine groups is 1. The molecule has 0 spiro atoms. The van der Waals surface area contributed by atoms with Gasteiger partial charge in [-0.1, -0.05) is 25.7 Å². The summed E-state index contributed by atoms with van der Waals surface area (Å²) in [6.45, 7) is 5.21. The Hall–Kier alpha value is -0.830. The number of rotatable bonds is 8. The summed E-state index contributed by atoms with van der Waals surface area (Å²) in [6, 6.07) is 0. The van der Waals surface area contributed by atoms with Crippen LogP contribution >= 0.6 is 24.0 Å². The van der Waals surface area contributed by atoms with Crippen LogP contribution in [0.1, 0.15) is 51.0 Å². The van der Waals surface area contributed by atoms with Crippen LogP contribution in [-0.4, -0.2) is 48.1 Å². The lowest BCUT2D eigenvalue weighted by molar-refractivity contribution is 0.0487. The summed E-state index contributed by atoms with van der Waals surface area (Å²) in [5.74, 6) is 0.867. The third-order valence-electron chi connectivity index (χ3n) is 4.33. The van der Waals surface area contributed by atoms with Gasteiger partial charge in [0.05, 0.1) is 25.5 Å². The molecular formula is C18H34IN5O. The van der Waals surface area contributed by atoms with Crippen molar-refractivity contribution in [1.29, 1.82) is 0 Å². The van der Waals surface area contributed by atoms with Gasteiger partial charge in [-0.25, -0.2) is 0 Å². The molecule has 1 aromatic rings. The highest BCUT2D eigenvalue weighted by atomic mass is 127. The molecule has 0 unspecified atom stereocenters. The second-order valence-electron chi connectivity index (χ2n) is 6.44. The van der Waals surface area contributed by atoms with E-state index in [2.05, 4.69) is 27.6 Å². The Labute approximate surface area is 169 Å². The van der Waals surface area contributed by atoms with Crippen molar-refractivity contribution in [3.63, 3.8) is 0 Å². The number of nitrogens with zero attached hydrogens (tertiary/aromatic N) is 3. The molecule has 1 saturated carbocycles. The Morgan fingerprint density at radius 2 is 2.04 bits per heavy atom. The van der Waals surface area contributed by atoms with E-state index in [-0.39, 0.29) is 24.0 Å². The second-order valence-corrected chi connectivity index (χ2v) is 6.44. The molecule has 1 aromatic heterocycles. The van der Waals surface area contributed by atoms with Gasteiger partial charge in [0.15, 0.2) is 5.96 Å². The Bertz CT molecular complexity index is 484. The highest BCUT2D eigenvalue weighted by Crippen LogP contribution is 2.19. The van der Waals surface area contributed by atoms with E-state index in [0.717, 1.165) is 25.5 Å². The Kier molecular flexibility index (Phi) is 11.9. The highest BCUT2D eigenvalue weighted by Gasteiger charge is 2.11. The molecule has 0 aliphatic heterocycles. The van der Waals surface area contributed by atoms with Crippen molar-refractivity contribution in [2.45, 2.75) is 58.0 Å². The first kappa shape index (κ1) is 22.2. The molecule has 7 heteroatoms. The molecule has 0 amide bonds. The average molecular weight is 463 g/mol. The minimum absolute atomic E-state index is 0. The summed E-state index contributed by atoms with van der Waals surface area (Å²) in [5, 5.41) is 10.8. The van der Waals surface area contributed by atoms with E-state index in [9.17, 15) is 0 Å². The van der Waals surface area contributed by atoms with Gasteiger partial charge in [-0.2, -0.15) is 5.10 Å². The maximum absolute atomic E-state index is 5.99. The van der Waals surface area contributed by atoms with Crippen LogP contribution in [0.5, 0.6) is 0 Å². The van der Waals surface area contributed by atoms with Gasteiger partial charge in [-0.3, -0.25) is 9.67 Å². The summed E-state index contributed by atoms with van der Waals surface area (Å²) >= 11 is 0. The van der Waals surface area contributed by atoms with Crippen molar-refractivity contribution in [2.24, 2.45) is 12.0 Å². The van der Waals surface area contributed by atoms with Gasteiger partial charge >= 0.3 is 0 Å². The van der Waals surface area contributed by atoms with Crippen molar-refractivity contribution in [2.75, 3.05) is 26.2 Å². The second kappa shape index (κ2) is 13.4. The zero-order chi connectivity index (χ0) is 17.0. The van der Waals surface area contributed by atoms with E-state index in [1.165, 1.54) is 44.1 Å². The first-order chi connectivity index (χ1) is 11.8. The maximum Gasteiger partial charge on any atom is 0.191 e. The van der Waals surface area contributed by atoms with Crippen molar-refractivity contribution >= 4 is 29.9 Å². The first-order valence-corrected chi connectivity index (χ1v) is 9.39. The average Bonchev–Trinajstić information content (AvgIpc) is 2.83. The lowest BCUT2D eigenvalue weighted by Crippen LogP contribution is -2.38. The fourth-order valence-electron chi connectivity index (χ4n) is 3.05. The van der Waals surface area contributed by atoms with E-state index >= 15 is 0 Å². The topological polar surface area (TPSA) is 63.5 Å². The maximum atomic E-state index is 5.99. The molecule has 1 heterocycles. The zero-order valence-corrected chi connectivity index (χ0v) is 18.0. The number of nitrogens with one attached hydrogen (secondary N) is 2. The minimum atomic E-state index is 0. The molecule has 0 atom stereocenters. The summed E-state index contributed by atoms with van der Waals surface area (Å²) in [5.41, 5.74) is 1.23. The minimum Gasteiger partial charge on any atom is -0.376 e. The highest BCUT2D eigenvalue weighted by molar-refractivity contribution is 14.0. The summed E-state index contributed by atoms with van der Waals surface area (Å²) in [6.07, 6.45) is 13.1. The van der Waals surface area contributed by atoms with Crippen LogP contribution in [0.4, 0.5) is 0 Å². The number of hydrogen-bond donors (Lipinski definition) is 2. The Morgan fingerprint density at radius 1 is 1.28 bits per heavy atom. The molecule has 2 rings (SSSR count). The molecule has 1 aliphatic rings. The monoisotopic (exact) mass is 463 g/mol. The fourth-order valence-corrected chi connectivity index (χ4v) is 3.05. The van der Waals surface area contributed by atoms with Crippen LogP contribution in [0.2, 0.25) is 0 Å². The fraction of sp³-hybridized carbons (Fsp3) is 0.778. The SMILES string of the molecule is CCNC(=NCCOC1CCCCCC1)NCCc1cnn(C)c1.I. The van der Waals surface area contributed by atoms with Gasteiger partial charge in [-0.15, -0.1) is 24.0 Å². The van der Waals surface area contributed by atoms with Crippen molar-refractivity contribution in [3.05, 3.63) is 18.0 Å². The summed E-state index contributed by atoms with van der Waals surface area (Å²) in [7, 11) is 1.94. The molecule has 0 saturated heterocycles. The molecular weight excluding hydrogens is 429 g/mol. The normalized spacial score (nSPS) is 16.2. The number of halogens is 1. The largest absolute Gasteiger partial charge is 0.376 e.